The molecule has 3 aromatic rings. The number of hydrogen-bond acceptors (Lipinski definition) is 5. The first-order valence-electron chi connectivity index (χ1n) is 12.3. The largest absolute Gasteiger partial charge is 0.325 e. The number of rotatable bonds is 8. The summed E-state index contributed by atoms with van der Waals surface area (Å²) >= 11 is 6.26. The molecule has 0 radical (unpaired) electrons. The van der Waals surface area contributed by atoms with Gasteiger partial charge in [-0.2, -0.15) is 4.31 Å². The van der Waals surface area contributed by atoms with Gasteiger partial charge in [0.15, 0.2) is 0 Å². The highest BCUT2D eigenvalue weighted by atomic mass is 35.5. The van der Waals surface area contributed by atoms with Crippen LogP contribution in [0, 0.1) is 6.92 Å². The minimum Gasteiger partial charge on any atom is -0.325 e. The second-order valence-corrected chi connectivity index (χ2v) is 13.3. The minimum absolute atomic E-state index is 0.0373. The average molecular weight is 576 g/mol. The van der Waals surface area contributed by atoms with Crippen molar-refractivity contribution in [2.24, 2.45) is 0 Å². The van der Waals surface area contributed by atoms with E-state index in [1.165, 1.54) is 40.7 Å². The van der Waals surface area contributed by atoms with Crippen LogP contribution >= 0.6 is 11.6 Å². The molecule has 1 fully saturated rings. The van der Waals surface area contributed by atoms with Gasteiger partial charge in [0.25, 0.3) is 10.0 Å². The fourth-order valence-corrected chi connectivity index (χ4v) is 7.54. The summed E-state index contributed by atoms with van der Waals surface area (Å²) in [5.74, 6) is -0.591. The van der Waals surface area contributed by atoms with Crippen LogP contribution in [-0.4, -0.2) is 46.7 Å². The van der Waals surface area contributed by atoms with E-state index in [0.29, 0.717) is 29.4 Å². The maximum atomic E-state index is 13.5. The van der Waals surface area contributed by atoms with Gasteiger partial charge in [-0.3, -0.25) is 9.10 Å². The SMILES string of the molecule is Cc1c(Cl)cccc1N(CC(=O)Nc1ccc(S(=O)(=O)N2CCCCCC2)cc1)S(=O)(=O)c1ccccc1. The van der Waals surface area contributed by atoms with Crippen LogP contribution in [-0.2, 0) is 24.8 Å². The molecule has 0 atom stereocenters. The molecule has 0 aliphatic carbocycles. The van der Waals surface area contributed by atoms with Gasteiger partial charge in [0.1, 0.15) is 6.54 Å². The zero-order chi connectivity index (χ0) is 27.3. The summed E-state index contributed by atoms with van der Waals surface area (Å²) in [6.45, 7) is 2.17. The third-order valence-electron chi connectivity index (χ3n) is 6.47. The topological polar surface area (TPSA) is 104 Å². The summed E-state index contributed by atoms with van der Waals surface area (Å²) in [7, 11) is -7.72. The number of halogens is 1. The molecule has 0 saturated carbocycles. The van der Waals surface area contributed by atoms with Gasteiger partial charge < -0.3 is 5.32 Å². The van der Waals surface area contributed by atoms with Gasteiger partial charge in [-0.1, -0.05) is 48.7 Å². The van der Waals surface area contributed by atoms with Crippen LogP contribution in [0.3, 0.4) is 0 Å². The van der Waals surface area contributed by atoms with E-state index in [-0.39, 0.29) is 15.5 Å². The van der Waals surface area contributed by atoms with Crippen molar-refractivity contribution in [2.45, 2.75) is 42.4 Å². The first-order chi connectivity index (χ1) is 18.1. The van der Waals surface area contributed by atoms with Gasteiger partial charge in [-0.05, 0) is 73.9 Å². The number of carbonyl (C=O) groups excluding carboxylic acids is 1. The molecule has 1 heterocycles. The van der Waals surface area contributed by atoms with Crippen molar-refractivity contribution >= 4 is 48.9 Å². The minimum atomic E-state index is -4.09. The molecule has 0 aromatic heterocycles. The molecular formula is C27H30ClN3O5S2. The molecule has 1 aliphatic rings. The lowest BCUT2D eigenvalue weighted by atomic mass is 10.2. The van der Waals surface area contributed by atoms with Gasteiger partial charge in [0, 0.05) is 23.8 Å². The standard InChI is InChI=1S/C27H30ClN3O5S2/c1-21-25(28)12-9-13-26(21)31(38(35,36)23-10-5-4-6-11-23)20-27(32)29-22-14-16-24(17-15-22)37(33,34)30-18-7-2-3-8-19-30/h4-6,9-17H,2-3,7-8,18-20H2,1H3,(H,29,32). The Morgan fingerprint density at radius 3 is 2.11 bits per heavy atom. The van der Waals surface area contributed by atoms with E-state index in [4.69, 9.17) is 11.6 Å². The Labute approximate surface area is 229 Å². The molecule has 202 valence electrons. The maximum Gasteiger partial charge on any atom is 0.264 e. The zero-order valence-corrected chi connectivity index (χ0v) is 23.4. The number of anilines is 2. The van der Waals surface area contributed by atoms with E-state index in [9.17, 15) is 21.6 Å². The summed E-state index contributed by atoms with van der Waals surface area (Å²) in [5.41, 5.74) is 1.16. The Balaban J connectivity index is 1.56. The zero-order valence-electron chi connectivity index (χ0n) is 21.0. The van der Waals surface area contributed by atoms with Crippen LogP contribution in [0.25, 0.3) is 0 Å². The van der Waals surface area contributed by atoms with Gasteiger partial charge in [-0.25, -0.2) is 16.8 Å². The van der Waals surface area contributed by atoms with Crippen molar-refractivity contribution in [2.75, 3.05) is 29.3 Å². The van der Waals surface area contributed by atoms with E-state index in [2.05, 4.69) is 5.32 Å². The smallest absolute Gasteiger partial charge is 0.264 e. The fraction of sp³-hybridized carbons (Fsp3) is 0.296. The predicted molar refractivity (Wildman–Crippen MR) is 149 cm³/mol. The predicted octanol–water partition coefficient (Wildman–Crippen LogP) is 5.05. The molecule has 0 bridgehead atoms. The van der Waals surface area contributed by atoms with Crippen molar-refractivity contribution in [3.05, 3.63) is 83.4 Å². The lowest BCUT2D eigenvalue weighted by molar-refractivity contribution is -0.114. The Kier molecular flexibility index (Phi) is 8.77. The second kappa shape index (κ2) is 11.9. The van der Waals surface area contributed by atoms with E-state index in [0.717, 1.165) is 30.0 Å². The number of amides is 1. The highest BCUT2D eigenvalue weighted by Crippen LogP contribution is 2.31. The number of nitrogens with one attached hydrogen (secondary N) is 1. The molecule has 1 amide bonds. The molecule has 1 saturated heterocycles. The van der Waals surface area contributed by atoms with Crippen LogP contribution in [0.1, 0.15) is 31.2 Å². The third-order valence-corrected chi connectivity index (χ3v) is 10.6. The Morgan fingerprint density at radius 1 is 0.842 bits per heavy atom. The van der Waals surface area contributed by atoms with Crippen LogP contribution in [0.5, 0.6) is 0 Å². The van der Waals surface area contributed by atoms with Crippen molar-refractivity contribution in [1.82, 2.24) is 4.31 Å². The summed E-state index contributed by atoms with van der Waals surface area (Å²) < 4.78 is 55.7. The van der Waals surface area contributed by atoms with Crippen molar-refractivity contribution in [3.8, 4) is 0 Å². The summed E-state index contributed by atoms with van der Waals surface area (Å²) in [6, 6.07) is 18.6. The molecule has 4 rings (SSSR count). The maximum absolute atomic E-state index is 13.5. The molecule has 11 heteroatoms. The molecular weight excluding hydrogens is 546 g/mol. The number of benzene rings is 3. The van der Waals surface area contributed by atoms with E-state index in [1.54, 1.807) is 43.3 Å². The number of hydrogen-bond donors (Lipinski definition) is 1. The first-order valence-corrected chi connectivity index (χ1v) is 15.6. The van der Waals surface area contributed by atoms with Crippen molar-refractivity contribution < 1.29 is 21.6 Å². The summed E-state index contributed by atoms with van der Waals surface area (Å²) in [6.07, 6.45) is 3.70. The highest BCUT2D eigenvalue weighted by molar-refractivity contribution is 7.92. The number of carbonyl (C=O) groups is 1. The Hall–Kier alpha value is -2.92. The fourth-order valence-electron chi connectivity index (χ4n) is 4.36. The monoisotopic (exact) mass is 575 g/mol. The van der Waals surface area contributed by atoms with E-state index < -0.39 is 32.5 Å². The lowest BCUT2D eigenvalue weighted by Gasteiger charge is -2.26. The summed E-state index contributed by atoms with van der Waals surface area (Å²) in [4.78, 5) is 13.3. The molecule has 3 aromatic carbocycles. The Bertz CT molecular complexity index is 1490. The first kappa shape index (κ1) is 28.1. The lowest BCUT2D eigenvalue weighted by Crippen LogP contribution is -2.38. The second-order valence-electron chi connectivity index (χ2n) is 9.10. The summed E-state index contributed by atoms with van der Waals surface area (Å²) in [5, 5.41) is 3.05. The van der Waals surface area contributed by atoms with Gasteiger partial charge >= 0.3 is 0 Å². The molecule has 8 nitrogen and oxygen atoms in total. The molecule has 1 aliphatic heterocycles. The molecule has 0 spiro atoms. The quantitative estimate of drug-likeness (QED) is 0.405. The molecule has 0 unspecified atom stereocenters. The van der Waals surface area contributed by atoms with E-state index >= 15 is 0 Å². The van der Waals surface area contributed by atoms with Crippen LogP contribution in [0.2, 0.25) is 5.02 Å². The highest BCUT2D eigenvalue weighted by Gasteiger charge is 2.29. The molecule has 38 heavy (non-hydrogen) atoms. The van der Waals surface area contributed by atoms with Gasteiger partial charge in [0.2, 0.25) is 15.9 Å². The van der Waals surface area contributed by atoms with E-state index in [1.807, 2.05) is 0 Å². The Morgan fingerprint density at radius 2 is 1.47 bits per heavy atom. The number of sulfonamides is 2. The van der Waals surface area contributed by atoms with Crippen LogP contribution in [0.15, 0.2) is 82.6 Å². The van der Waals surface area contributed by atoms with Crippen molar-refractivity contribution in [1.29, 1.82) is 0 Å². The van der Waals surface area contributed by atoms with Crippen LogP contribution in [0.4, 0.5) is 11.4 Å². The number of nitrogens with zero attached hydrogens (tertiary/aromatic N) is 2. The van der Waals surface area contributed by atoms with Crippen LogP contribution < -0.4 is 9.62 Å². The normalized spacial score (nSPS) is 15.0. The van der Waals surface area contributed by atoms with Crippen molar-refractivity contribution in [3.63, 3.8) is 0 Å². The third kappa shape index (κ3) is 6.20. The van der Waals surface area contributed by atoms with Gasteiger partial charge in [-0.15, -0.1) is 0 Å². The average Bonchev–Trinajstić information content (AvgIpc) is 3.20. The molecule has 1 N–H and O–H groups in total. The van der Waals surface area contributed by atoms with Gasteiger partial charge in [0.05, 0.1) is 15.5 Å².